The average Bonchev–Trinajstić information content (AvgIpc) is 3.46. The number of esters is 3. The first-order valence-electron chi connectivity index (χ1n) is 34.9. The molecule has 0 bridgehead atoms. The Morgan fingerprint density at radius 1 is 0.263 bits per heavy atom. The van der Waals surface area contributed by atoms with Crippen LogP contribution < -0.4 is 0 Å². The van der Waals surface area contributed by atoms with Crippen molar-refractivity contribution in [2.75, 3.05) is 13.2 Å². The van der Waals surface area contributed by atoms with Gasteiger partial charge in [0.15, 0.2) is 6.10 Å². The Balaban J connectivity index is 4.26. The van der Waals surface area contributed by atoms with E-state index in [-0.39, 0.29) is 31.1 Å². The van der Waals surface area contributed by atoms with Gasteiger partial charge in [-0.25, -0.2) is 0 Å². The van der Waals surface area contributed by atoms with E-state index in [0.717, 1.165) is 96.3 Å². The van der Waals surface area contributed by atoms with Gasteiger partial charge in [0.1, 0.15) is 13.2 Å². The summed E-state index contributed by atoms with van der Waals surface area (Å²) < 4.78 is 16.9. The van der Waals surface area contributed by atoms with Crippen LogP contribution in [0.3, 0.4) is 0 Å². The second kappa shape index (κ2) is 68.3. The van der Waals surface area contributed by atoms with Crippen molar-refractivity contribution in [3.05, 3.63) is 72.9 Å². The minimum absolute atomic E-state index is 0.0825. The normalized spacial score (nSPS) is 12.5. The van der Waals surface area contributed by atoms with Crippen LogP contribution in [0.25, 0.3) is 0 Å². The van der Waals surface area contributed by atoms with Crippen LogP contribution in [0.15, 0.2) is 72.9 Å². The van der Waals surface area contributed by atoms with E-state index >= 15 is 0 Å². The fourth-order valence-electron chi connectivity index (χ4n) is 10.2. The van der Waals surface area contributed by atoms with Crippen molar-refractivity contribution in [2.45, 2.75) is 367 Å². The van der Waals surface area contributed by atoms with E-state index in [2.05, 4.69) is 93.7 Å². The molecule has 80 heavy (non-hydrogen) atoms. The van der Waals surface area contributed by atoms with Crippen LogP contribution in [0.4, 0.5) is 0 Å². The molecule has 0 aliphatic carbocycles. The molecule has 0 radical (unpaired) electrons. The highest BCUT2D eigenvalue weighted by atomic mass is 16.6. The maximum atomic E-state index is 12.9. The number of carbonyl (C=O) groups is 3. The lowest BCUT2D eigenvalue weighted by atomic mass is 10.0. The molecular formula is C74H132O6. The summed E-state index contributed by atoms with van der Waals surface area (Å²) in [5, 5.41) is 0. The molecule has 0 aromatic carbocycles. The van der Waals surface area contributed by atoms with Crippen molar-refractivity contribution in [3.63, 3.8) is 0 Å². The fraction of sp³-hybridized carbons (Fsp3) is 0.797. The van der Waals surface area contributed by atoms with Crippen molar-refractivity contribution >= 4 is 17.9 Å². The highest BCUT2D eigenvalue weighted by Crippen LogP contribution is 2.18. The summed E-state index contributed by atoms with van der Waals surface area (Å²) in [6, 6.07) is 0. The molecular weight excluding hydrogens is 985 g/mol. The Morgan fingerprint density at radius 2 is 0.487 bits per heavy atom. The van der Waals surface area contributed by atoms with Gasteiger partial charge in [-0.3, -0.25) is 14.4 Å². The number of hydrogen-bond donors (Lipinski definition) is 0. The zero-order valence-electron chi connectivity index (χ0n) is 53.3. The molecule has 0 aliphatic rings. The highest BCUT2D eigenvalue weighted by molar-refractivity contribution is 5.71. The Labute approximate surface area is 497 Å². The van der Waals surface area contributed by atoms with Gasteiger partial charge in [0.25, 0.3) is 0 Å². The third kappa shape index (κ3) is 65.7. The number of rotatable bonds is 64. The van der Waals surface area contributed by atoms with Crippen LogP contribution in [-0.4, -0.2) is 37.2 Å². The zero-order chi connectivity index (χ0) is 57.8. The second-order valence-corrected chi connectivity index (χ2v) is 23.4. The standard InChI is InChI=1S/C74H132O6/c1-4-7-10-13-16-19-22-25-27-29-31-33-35-36-37-38-39-41-42-44-46-49-52-55-58-61-64-67-73(76)79-70-71(69-78-72(75)66-63-60-57-54-51-48-24-21-18-15-12-9-6-3)80-74(77)68-65-62-59-56-53-50-47-45-43-40-34-32-30-28-26-23-20-17-14-11-8-5-2/h9,12,18,21-22,25,29,31,35-36,48,51,71H,4-8,10-11,13-17,19-20,23-24,26-28,30,32-34,37-47,49-50,52-70H2,1-3H3/b12-9-,21-18-,25-22-,31-29-,36-35-,51-48-. The molecule has 0 aromatic heterocycles. The lowest BCUT2D eigenvalue weighted by Gasteiger charge is -2.18. The molecule has 0 saturated carbocycles. The topological polar surface area (TPSA) is 78.9 Å². The Kier molecular flexibility index (Phi) is 65.7. The highest BCUT2D eigenvalue weighted by Gasteiger charge is 2.19. The SMILES string of the molecule is CC/C=C\C/C=C\C/C=C\CCCCCC(=O)OCC(COC(=O)CCCCCCCCCCCCCC/C=C\C/C=C\C/C=C\CCCCCCC)OC(=O)CCCCCCCCCCCCCCCCCCCCCCCC. The minimum atomic E-state index is -0.788. The van der Waals surface area contributed by atoms with Gasteiger partial charge >= 0.3 is 17.9 Å². The number of carbonyl (C=O) groups excluding carboxylic acids is 3. The van der Waals surface area contributed by atoms with E-state index in [9.17, 15) is 14.4 Å². The lowest BCUT2D eigenvalue weighted by Crippen LogP contribution is -2.30. The van der Waals surface area contributed by atoms with E-state index in [1.165, 1.54) is 225 Å². The van der Waals surface area contributed by atoms with Crippen LogP contribution >= 0.6 is 0 Å². The molecule has 0 spiro atoms. The first-order valence-corrected chi connectivity index (χ1v) is 34.9. The van der Waals surface area contributed by atoms with E-state index in [0.29, 0.717) is 19.3 Å². The van der Waals surface area contributed by atoms with Gasteiger partial charge in [-0.1, -0.05) is 325 Å². The van der Waals surface area contributed by atoms with Gasteiger partial charge in [0, 0.05) is 19.3 Å². The van der Waals surface area contributed by atoms with Crippen LogP contribution in [-0.2, 0) is 28.6 Å². The molecule has 0 saturated heterocycles. The van der Waals surface area contributed by atoms with Crippen molar-refractivity contribution in [2.24, 2.45) is 0 Å². The summed E-state index contributed by atoms with van der Waals surface area (Å²) in [6.07, 6.45) is 89.3. The molecule has 1 unspecified atom stereocenters. The number of hydrogen-bond acceptors (Lipinski definition) is 6. The van der Waals surface area contributed by atoms with Gasteiger partial charge in [-0.15, -0.1) is 0 Å². The first-order chi connectivity index (χ1) is 39.5. The van der Waals surface area contributed by atoms with Gasteiger partial charge in [-0.05, 0) is 89.9 Å². The van der Waals surface area contributed by atoms with Crippen molar-refractivity contribution in [1.82, 2.24) is 0 Å². The number of allylic oxidation sites excluding steroid dienone is 12. The Hall–Kier alpha value is -3.15. The van der Waals surface area contributed by atoms with Crippen LogP contribution in [0.2, 0.25) is 0 Å². The summed E-state index contributed by atoms with van der Waals surface area (Å²) in [5.41, 5.74) is 0. The lowest BCUT2D eigenvalue weighted by molar-refractivity contribution is -0.167. The van der Waals surface area contributed by atoms with Crippen LogP contribution in [0.5, 0.6) is 0 Å². The van der Waals surface area contributed by atoms with Crippen molar-refractivity contribution in [3.8, 4) is 0 Å². The maximum Gasteiger partial charge on any atom is 0.306 e. The Bertz CT molecular complexity index is 1470. The number of unbranched alkanes of at least 4 members (excludes halogenated alkanes) is 41. The molecule has 6 nitrogen and oxygen atoms in total. The van der Waals surface area contributed by atoms with E-state index in [4.69, 9.17) is 14.2 Å². The average molecular weight is 1120 g/mol. The summed E-state index contributed by atoms with van der Waals surface area (Å²) in [7, 11) is 0. The third-order valence-corrected chi connectivity index (χ3v) is 15.4. The second-order valence-electron chi connectivity index (χ2n) is 23.4. The predicted octanol–water partition coefficient (Wildman–Crippen LogP) is 24.1. The summed E-state index contributed by atoms with van der Waals surface area (Å²) in [4.78, 5) is 38.4. The summed E-state index contributed by atoms with van der Waals surface area (Å²) in [5.74, 6) is -0.894. The molecule has 6 heteroatoms. The van der Waals surface area contributed by atoms with Crippen molar-refractivity contribution < 1.29 is 28.6 Å². The summed E-state index contributed by atoms with van der Waals surface area (Å²) >= 11 is 0. The molecule has 464 valence electrons. The molecule has 1 atom stereocenters. The maximum absolute atomic E-state index is 12.9. The molecule has 0 aliphatic heterocycles. The molecule has 0 heterocycles. The van der Waals surface area contributed by atoms with Gasteiger partial charge in [0.2, 0.25) is 0 Å². The van der Waals surface area contributed by atoms with Crippen molar-refractivity contribution in [1.29, 1.82) is 0 Å². The molecule has 0 rings (SSSR count). The smallest absolute Gasteiger partial charge is 0.306 e. The van der Waals surface area contributed by atoms with E-state index < -0.39 is 6.10 Å². The fourth-order valence-corrected chi connectivity index (χ4v) is 10.2. The Morgan fingerprint density at radius 3 is 0.775 bits per heavy atom. The molecule has 0 aromatic rings. The molecule has 0 amide bonds. The zero-order valence-corrected chi connectivity index (χ0v) is 53.3. The third-order valence-electron chi connectivity index (χ3n) is 15.4. The van der Waals surface area contributed by atoms with Gasteiger partial charge in [0.05, 0.1) is 0 Å². The quantitative estimate of drug-likeness (QED) is 0.0261. The summed E-state index contributed by atoms with van der Waals surface area (Å²) in [6.45, 7) is 6.54. The monoisotopic (exact) mass is 1120 g/mol. The molecule has 0 N–H and O–H groups in total. The minimum Gasteiger partial charge on any atom is -0.462 e. The van der Waals surface area contributed by atoms with Crippen LogP contribution in [0, 0.1) is 0 Å². The van der Waals surface area contributed by atoms with E-state index in [1.807, 2.05) is 0 Å². The molecule has 0 fully saturated rings. The largest absolute Gasteiger partial charge is 0.462 e. The first kappa shape index (κ1) is 76.9. The van der Waals surface area contributed by atoms with Gasteiger partial charge in [-0.2, -0.15) is 0 Å². The predicted molar refractivity (Wildman–Crippen MR) is 348 cm³/mol. The van der Waals surface area contributed by atoms with Gasteiger partial charge < -0.3 is 14.2 Å². The van der Waals surface area contributed by atoms with E-state index in [1.54, 1.807) is 0 Å². The van der Waals surface area contributed by atoms with Crippen LogP contribution in [0.1, 0.15) is 361 Å². The number of ether oxygens (including phenoxy) is 3.